The van der Waals surface area contributed by atoms with Crippen LogP contribution in [0.25, 0.3) is 0 Å². The van der Waals surface area contributed by atoms with Gasteiger partial charge in [-0.05, 0) is 26.2 Å². The highest BCUT2D eigenvalue weighted by Crippen LogP contribution is 2.25. The van der Waals surface area contributed by atoms with E-state index >= 15 is 0 Å². The van der Waals surface area contributed by atoms with Crippen LogP contribution in [0.2, 0.25) is 0 Å². The number of hydrogen-bond acceptors (Lipinski definition) is 3. The molecule has 0 aromatic heterocycles. The normalized spacial score (nSPS) is 29.6. The van der Waals surface area contributed by atoms with Gasteiger partial charge in [0.2, 0.25) is 0 Å². The summed E-state index contributed by atoms with van der Waals surface area (Å²) in [7, 11) is 1.46. The Labute approximate surface area is 80.1 Å². The van der Waals surface area contributed by atoms with Crippen LogP contribution in [0.5, 0.6) is 0 Å². The molecule has 2 atom stereocenters. The molecular weight excluding hydrogens is 166 g/mol. The van der Waals surface area contributed by atoms with Crippen LogP contribution < -0.4 is 0 Å². The van der Waals surface area contributed by atoms with E-state index in [-0.39, 0.29) is 12.0 Å². The molecule has 0 spiro atoms. The van der Waals surface area contributed by atoms with E-state index < -0.39 is 0 Å². The lowest BCUT2D eigenvalue weighted by molar-refractivity contribution is -0.146. The lowest BCUT2D eigenvalue weighted by Gasteiger charge is -2.26. The van der Waals surface area contributed by atoms with Crippen molar-refractivity contribution in [2.24, 2.45) is 5.92 Å². The Morgan fingerprint density at radius 1 is 1.54 bits per heavy atom. The van der Waals surface area contributed by atoms with Crippen molar-refractivity contribution in [2.45, 2.75) is 39.3 Å². The summed E-state index contributed by atoms with van der Waals surface area (Å²) in [4.78, 5) is 13.6. The van der Waals surface area contributed by atoms with Crippen molar-refractivity contribution in [3.63, 3.8) is 0 Å². The standard InChI is InChI=1S/C10H19NO2/c1-7(2)11-6-8(3)5-9(11)10(12)13-4/h7-9H,5-6H2,1-4H3/t8-,9+/m0/s1. The highest BCUT2D eigenvalue weighted by Gasteiger charge is 2.36. The van der Waals surface area contributed by atoms with Gasteiger partial charge in [0.05, 0.1) is 7.11 Å². The molecule has 13 heavy (non-hydrogen) atoms. The van der Waals surface area contributed by atoms with E-state index in [1.54, 1.807) is 0 Å². The van der Waals surface area contributed by atoms with E-state index in [1.807, 2.05) is 0 Å². The maximum Gasteiger partial charge on any atom is 0.323 e. The average molecular weight is 185 g/mol. The van der Waals surface area contributed by atoms with E-state index in [1.165, 1.54) is 7.11 Å². The minimum absolute atomic E-state index is 0.0139. The number of hydrogen-bond donors (Lipinski definition) is 0. The Morgan fingerprint density at radius 3 is 2.62 bits per heavy atom. The lowest BCUT2D eigenvalue weighted by Crippen LogP contribution is -2.41. The molecule has 3 heteroatoms. The maximum atomic E-state index is 11.4. The van der Waals surface area contributed by atoms with Crippen LogP contribution >= 0.6 is 0 Å². The van der Waals surface area contributed by atoms with Crippen molar-refractivity contribution < 1.29 is 9.53 Å². The van der Waals surface area contributed by atoms with E-state index in [2.05, 4.69) is 25.7 Å². The zero-order chi connectivity index (χ0) is 10.0. The second kappa shape index (κ2) is 4.09. The van der Waals surface area contributed by atoms with Crippen LogP contribution in [-0.2, 0) is 9.53 Å². The topological polar surface area (TPSA) is 29.5 Å². The highest BCUT2D eigenvalue weighted by atomic mass is 16.5. The summed E-state index contributed by atoms with van der Waals surface area (Å²) >= 11 is 0. The lowest BCUT2D eigenvalue weighted by atomic mass is 10.1. The number of ether oxygens (including phenoxy) is 1. The van der Waals surface area contributed by atoms with Gasteiger partial charge < -0.3 is 4.74 Å². The number of rotatable bonds is 2. The first kappa shape index (κ1) is 10.5. The van der Waals surface area contributed by atoms with Crippen LogP contribution in [0.3, 0.4) is 0 Å². The Kier molecular flexibility index (Phi) is 3.31. The molecule has 0 unspecified atom stereocenters. The van der Waals surface area contributed by atoms with Crippen molar-refractivity contribution in [3.8, 4) is 0 Å². The largest absolute Gasteiger partial charge is 0.468 e. The minimum atomic E-state index is -0.0851. The second-order valence-electron chi connectivity index (χ2n) is 4.17. The van der Waals surface area contributed by atoms with Crippen molar-refractivity contribution >= 4 is 5.97 Å². The summed E-state index contributed by atoms with van der Waals surface area (Å²) in [6.07, 6.45) is 0.935. The van der Waals surface area contributed by atoms with Gasteiger partial charge in [0, 0.05) is 12.6 Å². The second-order valence-corrected chi connectivity index (χ2v) is 4.17. The molecule has 1 heterocycles. The van der Waals surface area contributed by atoms with Crippen LogP contribution in [0.15, 0.2) is 0 Å². The molecule has 1 aliphatic rings. The van der Waals surface area contributed by atoms with Gasteiger partial charge in [0.1, 0.15) is 6.04 Å². The third kappa shape index (κ3) is 2.21. The number of likely N-dealkylation sites (tertiary alicyclic amines) is 1. The zero-order valence-corrected chi connectivity index (χ0v) is 8.91. The molecule has 0 bridgehead atoms. The quantitative estimate of drug-likeness (QED) is 0.607. The number of carbonyl (C=O) groups is 1. The maximum absolute atomic E-state index is 11.4. The zero-order valence-electron chi connectivity index (χ0n) is 8.91. The van der Waals surface area contributed by atoms with Crippen molar-refractivity contribution in [1.29, 1.82) is 0 Å². The first-order valence-corrected chi connectivity index (χ1v) is 4.89. The molecule has 0 saturated carbocycles. The van der Waals surface area contributed by atoms with Gasteiger partial charge in [-0.25, -0.2) is 0 Å². The van der Waals surface area contributed by atoms with Crippen molar-refractivity contribution in [1.82, 2.24) is 4.90 Å². The van der Waals surface area contributed by atoms with Gasteiger partial charge in [-0.2, -0.15) is 0 Å². The fourth-order valence-corrected chi connectivity index (χ4v) is 2.02. The Bertz CT molecular complexity index is 191. The number of methoxy groups -OCH3 is 1. The van der Waals surface area contributed by atoms with Crippen LogP contribution in [-0.4, -0.2) is 36.6 Å². The summed E-state index contributed by atoms with van der Waals surface area (Å²) in [6, 6.07) is 0.411. The number of carbonyl (C=O) groups excluding carboxylic acids is 1. The van der Waals surface area contributed by atoms with E-state index in [0.29, 0.717) is 12.0 Å². The van der Waals surface area contributed by atoms with Gasteiger partial charge >= 0.3 is 5.97 Å². The smallest absolute Gasteiger partial charge is 0.323 e. The van der Waals surface area contributed by atoms with Gasteiger partial charge in [0.15, 0.2) is 0 Å². The Morgan fingerprint density at radius 2 is 2.15 bits per heavy atom. The predicted molar refractivity (Wildman–Crippen MR) is 51.4 cm³/mol. The molecule has 0 aliphatic carbocycles. The number of nitrogens with zero attached hydrogens (tertiary/aromatic N) is 1. The fourth-order valence-electron chi connectivity index (χ4n) is 2.02. The SMILES string of the molecule is COC(=O)[C@H]1C[C@H](C)CN1C(C)C. The van der Waals surface area contributed by atoms with Gasteiger partial charge in [0.25, 0.3) is 0 Å². The van der Waals surface area contributed by atoms with Crippen molar-refractivity contribution in [3.05, 3.63) is 0 Å². The molecule has 1 aliphatic heterocycles. The molecule has 1 fully saturated rings. The van der Waals surface area contributed by atoms with E-state index in [4.69, 9.17) is 4.74 Å². The van der Waals surface area contributed by atoms with E-state index in [9.17, 15) is 4.79 Å². The molecule has 3 nitrogen and oxygen atoms in total. The molecule has 0 radical (unpaired) electrons. The van der Waals surface area contributed by atoms with Gasteiger partial charge in [-0.1, -0.05) is 6.92 Å². The van der Waals surface area contributed by atoms with Crippen molar-refractivity contribution in [2.75, 3.05) is 13.7 Å². The van der Waals surface area contributed by atoms with Crippen LogP contribution in [0.4, 0.5) is 0 Å². The summed E-state index contributed by atoms with van der Waals surface area (Å²) < 4.78 is 4.78. The monoisotopic (exact) mass is 185 g/mol. The highest BCUT2D eigenvalue weighted by molar-refractivity contribution is 5.76. The molecule has 0 amide bonds. The molecule has 76 valence electrons. The molecule has 1 saturated heterocycles. The predicted octanol–water partition coefficient (Wildman–Crippen LogP) is 1.28. The first-order chi connectivity index (χ1) is 6.06. The minimum Gasteiger partial charge on any atom is -0.468 e. The molecule has 0 aromatic carbocycles. The molecular formula is C10H19NO2. The fraction of sp³-hybridized carbons (Fsp3) is 0.900. The summed E-state index contributed by atoms with van der Waals surface area (Å²) in [5.41, 5.74) is 0. The van der Waals surface area contributed by atoms with Crippen LogP contribution in [0, 0.1) is 5.92 Å². The summed E-state index contributed by atoms with van der Waals surface area (Å²) in [6.45, 7) is 7.43. The molecule has 0 aromatic rings. The average Bonchev–Trinajstić information content (AvgIpc) is 2.46. The third-order valence-corrected chi connectivity index (χ3v) is 2.69. The summed E-state index contributed by atoms with van der Waals surface area (Å²) in [5, 5.41) is 0. The van der Waals surface area contributed by atoms with Gasteiger partial charge in [-0.3, -0.25) is 9.69 Å². The van der Waals surface area contributed by atoms with Gasteiger partial charge in [-0.15, -0.1) is 0 Å². The summed E-state index contributed by atoms with van der Waals surface area (Å²) in [5.74, 6) is 0.518. The van der Waals surface area contributed by atoms with E-state index in [0.717, 1.165) is 13.0 Å². The number of esters is 1. The first-order valence-electron chi connectivity index (χ1n) is 4.89. The van der Waals surface area contributed by atoms with Crippen LogP contribution in [0.1, 0.15) is 27.2 Å². The Hall–Kier alpha value is -0.570. The molecule has 1 rings (SSSR count). The molecule has 0 N–H and O–H groups in total. The third-order valence-electron chi connectivity index (χ3n) is 2.69. The Balaban J connectivity index is 2.66.